The molecule has 1 atom stereocenters. The molecule has 0 radical (unpaired) electrons. The van der Waals surface area contributed by atoms with Crippen molar-refractivity contribution in [3.8, 4) is 0 Å². The third-order valence-corrected chi connectivity index (χ3v) is 2.93. The molecule has 0 aliphatic heterocycles. The van der Waals surface area contributed by atoms with E-state index in [4.69, 9.17) is 5.73 Å². The summed E-state index contributed by atoms with van der Waals surface area (Å²) in [5.74, 6) is -0.261. The number of carbonyl (C=O) groups is 1. The van der Waals surface area contributed by atoms with Crippen LogP contribution >= 0.6 is 20.7 Å². The fraction of sp³-hybridized carbons (Fsp3) is 0.333. The Bertz CT molecular complexity index is 125. The van der Waals surface area contributed by atoms with Gasteiger partial charge in [0.15, 0.2) is 0 Å². The molecular weight excluding hydrogens is 229 g/mol. The predicted octanol–water partition coefficient (Wildman–Crippen LogP) is 0.819. The number of alkyl halides is 1. The van der Waals surface area contributed by atoms with E-state index < -0.39 is 0 Å². The van der Waals surface area contributed by atoms with Gasteiger partial charge in [0.05, 0.1) is 0 Å². The van der Waals surface area contributed by atoms with Gasteiger partial charge in [0.1, 0.15) is 0 Å². The maximum absolute atomic E-state index is 10.3. The zero-order valence-corrected chi connectivity index (χ0v) is 7.30. The van der Waals surface area contributed by atoms with Crippen molar-refractivity contribution in [1.29, 1.82) is 0 Å². The summed E-state index contributed by atoms with van der Waals surface area (Å²) >= 11 is -0.161. The first-order valence-electron chi connectivity index (χ1n) is 2.48. The van der Waals surface area contributed by atoms with E-state index in [1.54, 1.807) is 6.08 Å². The van der Waals surface area contributed by atoms with Crippen LogP contribution in [0.5, 0.6) is 0 Å². The Morgan fingerprint density at radius 1 is 1.89 bits per heavy atom. The fourth-order valence-corrected chi connectivity index (χ4v) is 1.50. The smallest absolute Gasteiger partial charge is 0.218 e. The average Bonchev–Trinajstić information content (AvgIpc) is 1.82. The molecule has 0 aromatic rings. The predicted molar refractivity (Wildman–Crippen MR) is 48.9 cm³/mol. The molecule has 0 bridgehead atoms. The first-order chi connectivity index (χ1) is 4.20. The zero-order chi connectivity index (χ0) is 7.28. The lowest BCUT2D eigenvalue weighted by atomic mass is 10.3. The van der Waals surface area contributed by atoms with Gasteiger partial charge in [-0.1, -0.05) is 10.6 Å². The minimum absolute atomic E-state index is 0.161. The monoisotopic (exact) mass is 239 g/mol. The summed E-state index contributed by atoms with van der Waals surface area (Å²) in [6.45, 7) is 3.56. The van der Waals surface area contributed by atoms with E-state index in [1.807, 2.05) is 0 Å². The maximum atomic E-state index is 10.3. The van der Waals surface area contributed by atoms with Crippen LogP contribution < -0.4 is 5.73 Å². The molecular formula is C6H10INO. The van der Waals surface area contributed by atoms with Crippen molar-refractivity contribution in [3.05, 3.63) is 12.7 Å². The number of nitrogens with two attached hydrogens (primary N) is 1. The van der Waals surface area contributed by atoms with E-state index in [9.17, 15) is 4.79 Å². The Balaban J connectivity index is 3.68. The topological polar surface area (TPSA) is 43.1 Å². The number of primary amides is 1. The van der Waals surface area contributed by atoms with E-state index in [0.29, 0.717) is 6.42 Å². The number of allylic oxidation sites excluding steroid dienone is 1. The van der Waals surface area contributed by atoms with Gasteiger partial charge in [0, 0.05) is 10.3 Å². The molecule has 0 saturated heterocycles. The van der Waals surface area contributed by atoms with Gasteiger partial charge in [0.2, 0.25) is 5.91 Å². The number of carbonyl (C=O) groups excluding carboxylic acids is 1. The molecule has 2 nitrogen and oxygen atoms in total. The highest BCUT2D eigenvalue weighted by molar-refractivity contribution is 14.2. The Kier molecular flexibility index (Phi) is 4.57. The lowest BCUT2D eigenvalue weighted by Gasteiger charge is -1.99. The van der Waals surface area contributed by atoms with Gasteiger partial charge in [-0.3, -0.25) is 4.79 Å². The fourth-order valence-electron chi connectivity index (χ4n) is 0.393. The summed E-state index contributed by atoms with van der Waals surface area (Å²) in [6, 6.07) is 0. The molecule has 1 amide bonds. The molecule has 0 aliphatic rings. The van der Waals surface area contributed by atoms with Crippen molar-refractivity contribution in [2.24, 2.45) is 5.73 Å². The Hall–Kier alpha value is -0.190. The van der Waals surface area contributed by atoms with Crippen LogP contribution in [0.2, 0.25) is 0 Å². The summed E-state index contributed by atoms with van der Waals surface area (Å²) in [5.41, 5.74) is 4.95. The van der Waals surface area contributed by atoms with E-state index in [2.05, 4.69) is 11.1 Å². The van der Waals surface area contributed by atoms with Gasteiger partial charge in [-0.05, 0) is 0 Å². The van der Waals surface area contributed by atoms with Crippen molar-refractivity contribution in [2.45, 2.75) is 10.3 Å². The van der Waals surface area contributed by atoms with Crippen LogP contribution in [0.25, 0.3) is 0 Å². The lowest BCUT2D eigenvalue weighted by molar-refractivity contribution is -0.117. The summed E-state index contributed by atoms with van der Waals surface area (Å²) in [6.07, 6.45) is 2.17. The minimum Gasteiger partial charge on any atom is -0.370 e. The van der Waals surface area contributed by atoms with E-state index in [0.717, 1.165) is 0 Å². The number of hydrogen-bond donors (Lipinski definition) is 1. The summed E-state index contributed by atoms with van der Waals surface area (Å²) in [4.78, 5) is 10.3. The first-order valence-corrected chi connectivity index (χ1v) is 5.25. The third-order valence-electron chi connectivity index (χ3n) is 0.850. The van der Waals surface area contributed by atoms with Crippen LogP contribution in [-0.2, 0) is 4.79 Å². The van der Waals surface area contributed by atoms with E-state index in [1.165, 1.54) is 0 Å². The standard InChI is InChI=1S/C6H10INO/c1-3-5(7-2)4-6(8)9/h3,5H,1-2,4H2,(H2,8,9)/t5-/m0/s1. The van der Waals surface area contributed by atoms with Crippen LogP contribution in [0.3, 0.4) is 0 Å². The number of halogens is 1. The zero-order valence-electron chi connectivity index (χ0n) is 5.14. The largest absolute Gasteiger partial charge is 0.370 e. The second kappa shape index (κ2) is 4.67. The third kappa shape index (κ3) is 4.32. The van der Waals surface area contributed by atoms with Gasteiger partial charge in [-0.2, -0.15) is 0 Å². The highest BCUT2D eigenvalue weighted by atomic mass is 127. The molecule has 2 N–H and O–H groups in total. The minimum atomic E-state index is -0.261. The second-order valence-electron chi connectivity index (χ2n) is 1.58. The number of hydrogen-bond acceptors (Lipinski definition) is 1. The molecule has 0 heterocycles. The number of amides is 1. The maximum Gasteiger partial charge on any atom is 0.218 e. The number of rotatable bonds is 4. The first kappa shape index (κ1) is 8.81. The molecule has 0 aromatic heterocycles. The van der Waals surface area contributed by atoms with Crippen LogP contribution in [0, 0.1) is 0 Å². The Morgan fingerprint density at radius 2 is 2.44 bits per heavy atom. The Morgan fingerprint density at radius 3 is 2.56 bits per heavy atom. The normalized spacial score (nSPS) is 12.4. The quantitative estimate of drug-likeness (QED) is 0.440. The van der Waals surface area contributed by atoms with Gasteiger partial charge in [0.25, 0.3) is 0 Å². The van der Waals surface area contributed by atoms with Crippen molar-refractivity contribution >= 4 is 31.2 Å². The second-order valence-corrected chi connectivity index (χ2v) is 4.06. The summed E-state index contributed by atoms with van der Waals surface area (Å²) in [7, 11) is 0. The van der Waals surface area contributed by atoms with E-state index >= 15 is 0 Å². The SMILES string of the molecule is C=C[C@@H](CC(N)=O)I=C. The van der Waals surface area contributed by atoms with Gasteiger partial charge < -0.3 is 5.73 Å². The Labute approximate surface area is 64.9 Å². The van der Waals surface area contributed by atoms with Crippen molar-refractivity contribution in [1.82, 2.24) is 0 Å². The summed E-state index contributed by atoms with van der Waals surface area (Å²) in [5, 5.41) is 0. The van der Waals surface area contributed by atoms with Crippen LogP contribution in [-0.4, -0.2) is 14.3 Å². The molecule has 9 heavy (non-hydrogen) atoms. The lowest BCUT2D eigenvalue weighted by Crippen LogP contribution is -2.14. The molecule has 0 aliphatic carbocycles. The van der Waals surface area contributed by atoms with Crippen LogP contribution in [0.4, 0.5) is 0 Å². The van der Waals surface area contributed by atoms with Gasteiger partial charge in [-0.15, -0.1) is 27.3 Å². The molecule has 0 saturated carbocycles. The van der Waals surface area contributed by atoms with Gasteiger partial charge >= 0.3 is 0 Å². The van der Waals surface area contributed by atoms with Gasteiger partial charge in [-0.25, -0.2) is 0 Å². The molecule has 0 aromatic carbocycles. The van der Waals surface area contributed by atoms with Crippen molar-refractivity contribution in [3.63, 3.8) is 0 Å². The molecule has 52 valence electrons. The van der Waals surface area contributed by atoms with Crippen LogP contribution in [0.1, 0.15) is 6.42 Å². The summed E-state index contributed by atoms with van der Waals surface area (Å²) < 4.78 is 4.01. The average molecular weight is 239 g/mol. The highest BCUT2D eigenvalue weighted by Crippen LogP contribution is 2.10. The molecule has 0 fully saturated rings. The molecule has 0 unspecified atom stereocenters. The molecule has 0 rings (SSSR count). The van der Waals surface area contributed by atoms with Crippen molar-refractivity contribution < 1.29 is 4.79 Å². The van der Waals surface area contributed by atoms with E-state index in [-0.39, 0.29) is 30.6 Å². The molecule has 3 heteroatoms. The van der Waals surface area contributed by atoms with Crippen LogP contribution in [0.15, 0.2) is 12.7 Å². The van der Waals surface area contributed by atoms with Crippen molar-refractivity contribution in [2.75, 3.05) is 0 Å². The molecule has 0 spiro atoms. The highest BCUT2D eigenvalue weighted by Gasteiger charge is 2.01.